The molecule has 0 rings (SSSR count). The molecule has 0 aliphatic heterocycles. The Kier molecular flexibility index (Phi) is 6.74. The molecule has 0 saturated heterocycles. The number of carboxylic acids is 1. The molecule has 0 aliphatic carbocycles. The quantitative estimate of drug-likeness (QED) is 0.604. The molecule has 0 fully saturated rings. The van der Waals surface area contributed by atoms with Gasteiger partial charge in [0.2, 0.25) is 5.91 Å². The van der Waals surface area contributed by atoms with Crippen LogP contribution in [0.1, 0.15) is 6.42 Å². The van der Waals surface area contributed by atoms with E-state index in [1.807, 2.05) is 0 Å². The summed E-state index contributed by atoms with van der Waals surface area (Å²) in [5.41, 5.74) is 0. The molecule has 0 atom stereocenters. The van der Waals surface area contributed by atoms with E-state index in [9.17, 15) is 18.0 Å². The van der Waals surface area contributed by atoms with Gasteiger partial charge in [0.15, 0.2) is 0 Å². The van der Waals surface area contributed by atoms with Crippen molar-refractivity contribution in [2.45, 2.75) is 6.42 Å². The van der Waals surface area contributed by atoms with Crippen LogP contribution < -0.4 is 0 Å². The highest BCUT2D eigenvalue weighted by Gasteiger charge is 2.17. The Morgan fingerprint density at radius 2 is 1.94 bits per heavy atom. The van der Waals surface area contributed by atoms with Crippen molar-refractivity contribution in [1.29, 1.82) is 0 Å². The third-order valence-corrected chi connectivity index (χ3v) is 2.88. The lowest BCUT2D eigenvalue weighted by Crippen LogP contribution is -2.38. The van der Waals surface area contributed by atoms with Gasteiger partial charge in [-0.2, -0.15) is 0 Å². The second-order valence-corrected chi connectivity index (χ2v) is 5.84. The van der Waals surface area contributed by atoms with Crippen molar-refractivity contribution in [2.24, 2.45) is 0 Å². The van der Waals surface area contributed by atoms with Gasteiger partial charge in [-0.1, -0.05) is 0 Å². The molecule has 1 N–H and O–H groups in total. The average molecular weight is 267 g/mol. The summed E-state index contributed by atoms with van der Waals surface area (Å²) in [6.07, 6.45) is 0.812. The van der Waals surface area contributed by atoms with Crippen LogP contribution in [-0.2, 0) is 24.2 Å². The highest BCUT2D eigenvalue weighted by Crippen LogP contribution is 1.98. The van der Waals surface area contributed by atoms with Crippen molar-refractivity contribution in [3.8, 4) is 0 Å². The number of carbonyl (C=O) groups excluding carboxylic acids is 1. The first-order valence-corrected chi connectivity index (χ1v) is 6.98. The largest absolute Gasteiger partial charge is 0.480 e. The van der Waals surface area contributed by atoms with E-state index in [0.29, 0.717) is 0 Å². The van der Waals surface area contributed by atoms with Gasteiger partial charge in [-0.3, -0.25) is 9.59 Å². The summed E-state index contributed by atoms with van der Waals surface area (Å²) in [6.45, 7) is -0.116. The van der Waals surface area contributed by atoms with E-state index < -0.39 is 28.3 Å². The average Bonchev–Trinajstić information content (AvgIpc) is 2.19. The number of aliphatic carboxylic acids is 1. The number of hydrogen-bond donors (Lipinski definition) is 1. The number of hydrogen-bond acceptors (Lipinski definition) is 5. The number of methoxy groups -OCH3 is 1. The van der Waals surface area contributed by atoms with E-state index >= 15 is 0 Å². The van der Waals surface area contributed by atoms with Crippen LogP contribution in [0, 0.1) is 0 Å². The number of rotatable bonds is 8. The van der Waals surface area contributed by atoms with E-state index in [4.69, 9.17) is 9.84 Å². The van der Waals surface area contributed by atoms with E-state index in [0.717, 1.165) is 11.2 Å². The maximum atomic E-state index is 11.6. The molecule has 1 amide bonds. The van der Waals surface area contributed by atoms with Crippen molar-refractivity contribution >= 4 is 21.7 Å². The Hall–Kier alpha value is -1.15. The van der Waals surface area contributed by atoms with Gasteiger partial charge in [0, 0.05) is 26.3 Å². The zero-order chi connectivity index (χ0) is 13.5. The van der Waals surface area contributed by atoms with E-state index in [-0.39, 0.29) is 25.3 Å². The maximum absolute atomic E-state index is 11.6. The zero-order valence-corrected chi connectivity index (χ0v) is 10.7. The standard InChI is InChI=1S/C9H17NO6S/c1-16-5-4-10(7-9(12)13)8(11)3-6-17(2,14)15/h3-7H2,1-2H3,(H,12,13). The fourth-order valence-corrected chi connectivity index (χ4v) is 1.63. The van der Waals surface area contributed by atoms with Crippen molar-refractivity contribution in [1.82, 2.24) is 4.90 Å². The highest BCUT2D eigenvalue weighted by atomic mass is 32.2. The van der Waals surface area contributed by atoms with Gasteiger partial charge < -0.3 is 14.7 Å². The molecule has 0 spiro atoms. The van der Waals surface area contributed by atoms with Crippen LogP contribution in [0.3, 0.4) is 0 Å². The van der Waals surface area contributed by atoms with Gasteiger partial charge in [0.25, 0.3) is 0 Å². The van der Waals surface area contributed by atoms with E-state index in [1.54, 1.807) is 0 Å². The zero-order valence-electron chi connectivity index (χ0n) is 9.88. The monoisotopic (exact) mass is 267 g/mol. The topological polar surface area (TPSA) is 101 Å². The molecule has 0 heterocycles. The Bertz CT molecular complexity index is 364. The first kappa shape index (κ1) is 15.9. The minimum absolute atomic E-state index is 0.130. The fourth-order valence-electron chi connectivity index (χ4n) is 1.09. The van der Waals surface area contributed by atoms with Gasteiger partial charge in [-0.05, 0) is 0 Å². The van der Waals surface area contributed by atoms with Crippen molar-refractivity contribution in [3.63, 3.8) is 0 Å². The maximum Gasteiger partial charge on any atom is 0.323 e. The van der Waals surface area contributed by atoms with E-state index in [1.165, 1.54) is 7.11 Å². The molecule has 8 heteroatoms. The fraction of sp³-hybridized carbons (Fsp3) is 0.778. The Morgan fingerprint density at radius 3 is 2.35 bits per heavy atom. The molecule has 0 aromatic heterocycles. The van der Waals surface area contributed by atoms with Gasteiger partial charge in [-0.15, -0.1) is 0 Å². The van der Waals surface area contributed by atoms with Gasteiger partial charge in [0.1, 0.15) is 16.4 Å². The third kappa shape index (κ3) is 8.64. The second kappa shape index (κ2) is 7.23. The summed E-state index contributed by atoms with van der Waals surface area (Å²) < 4.78 is 26.5. The van der Waals surface area contributed by atoms with Gasteiger partial charge in [-0.25, -0.2) is 8.42 Å². The molecule has 0 unspecified atom stereocenters. The first-order chi connectivity index (χ1) is 7.76. The highest BCUT2D eigenvalue weighted by molar-refractivity contribution is 7.90. The number of ether oxygens (including phenoxy) is 1. The molecule has 0 bridgehead atoms. The molecule has 0 saturated carbocycles. The Labute approximate surface area is 100 Å². The number of carboxylic acid groups (broad SMARTS) is 1. The molecule has 0 aromatic carbocycles. The number of sulfone groups is 1. The normalized spacial score (nSPS) is 11.2. The van der Waals surface area contributed by atoms with Crippen LogP contribution in [0.15, 0.2) is 0 Å². The number of carbonyl (C=O) groups is 2. The smallest absolute Gasteiger partial charge is 0.323 e. The van der Waals surface area contributed by atoms with Crippen LogP contribution in [0.5, 0.6) is 0 Å². The van der Waals surface area contributed by atoms with Crippen molar-refractivity contribution < 1.29 is 27.9 Å². The lowest BCUT2D eigenvalue weighted by molar-refractivity contribution is -0.144. The second-order valence-electron chi connectivity index (χ2n) is 3.58. The predicted molar refractivity (Wildman–Crippen MR) is 60.4 cm³/mol. The molecule has 0 aromatic rings. The summed E-state index contributed by atoms with van der Waals surface area (Å²) in [4.78, 5) is 23.2. The summed E-state index contributed by atoms with van der Waals surface area (Å²) in [5.74, 6) is -1.93. The Morgan fingerprint density at radius 1 is 1.35 bits per heavy atom. The van der Waals surface area contributed by atoms with Crippen molar-refractivity contribution in [3.05, 3.63) is 0 Å². The number of nitrogens with zero attached hydrogens (tertiary/aromatic N) is 1. The van der Waals surface area contributed by atoms with Crippen LogP contribution in [-0.4, -0.2) is 69.1 Å². The summed E-state index contributed by atoms with van der Waals surface area (Å²) >= 11 is 0. The van der Waals surface area contributed by atoms with Crippen LogP contribution in [0.2, 0.25) is 0 Å². The third-order valence-electron chi connectivity index (χ3n) is 1.93. The van der Waals surface area contributed by atoms with Crippen LogP contribution in [0.4, 0.5) is 0 Å². The molecular formula is C9H17NO6S. The Balaban J connectivity index is 4.36. The van der Waals surface area contributed by atoms with Crippen LogP contribution >= 0.6 is 0 Å². The molecule has 0 radical (unpaired) electrons. The lowest BCUT2D eigenvalue weighted by atomic mass is 10.3. The minimum atomic E-state index is -3.23. The lowest BCUT2D eigenvalue weighted by Gasteiger charge is -2.19. The van der Waals surface area contributed by atoms with Gasteiger partial charge in [0.05, 0.1) is 12.4 Å². The number of amides is 1. The molecule has 100 valence electrons. The summed E-state index contributed by atoms with van der Waals surface area (Å²) in [6, 6.07) is 0. The molecule has 0 aliphatic rings. The van der Waals surface area contributed by atoms with Gasteiger partial charge >= 0.3 is 5.97 Å². The molecule has 17 heavy (non-hydrogen) atoms. The first-order valence-electron chi connectivity index (χ1n) is 4.92. The predicted octanol–water partition coefficient (Wildman–Crippen LogP) is -1.02. The van der Waals surface area contributed by atoms with E-state index in [2.05, 4.69) is 0 Å². The SMILES string of the molecule is COCCN(CC(=O)O)C(=O)CCS(C)(=O)=O. The molecular weight excluding hydrogens is 250 g/mol. The summed E-state index contributed by atoms with van der Waals surface area (Å²) in [5, 5.41) is 8.61. The summed E-state index contributed by atoms with van der Waals surface area (Å²) in [7, 11) is -1.80. The molecule has 7 nitrogen and oxygen atoms in total. The minimum Gasteiger partial charge on any atom is -0.480 e. The van der Waals surface area contributed by atoms with Crippen LogP contribution in [0.25, 0.3) is 0 Å². The van der Waals surface area contributed by atoms with Crippen molar-refractivity contribution in [2.75, 3.05) is 38.8 Å².